The van der Waals surface area contributed by atoms with Gasteiger partial charge in [0.25, 0.3) is 5.91 Å². The van der Waals surface area contributed by atoms with Crippen molar-refractivity contribution in [2.75, 3.05) is 7.11 Å². The summed E-state index contributed by atoms with van der Waals surface area (Å²) in [5, 5.41) is 3.83. The lowest BCUT2D eigenvalue weighted by atomic mass is 9.89. The molecule has 1 aliphatic rings. The lowest BCUT2D eigenvalue weighted by Crippen LogP contribution is -2.44. The Labute approximate surface area is 177 Å². The largest absolute Gasteiger partial charge is 0.497 e. The van der Waals surface area contributed by atoms with Gasteiger partial charge in [-0.15, -0.1) is 0 Å². The predicted molar refractivity (Wildman–Crippen MR) is 114 cm³/mol. The monoisotopic (exact) mass is 417 g/mol. The first kappa shape index (κ1) is 21.3. The van der Waals surface area contributed by atoms with Crippen LogP contribution in [0.5, 0.6) is 17.2 Å². The number of nitrogens with one attached hydrogen (secondary N) is 1. The van der Waals surface area contributed by atoms with E-state index in [1.807, 2.05) is 58.0 Å². The van der Waals surface area contributed by atoms with Gasteiger partial charge >= 0.3 is 0 Å². The third-order valence-corrected chi connectivity index (χ3v) is 5.68. The Morgan fingerprint density at radius 3 is 2.48 bits per heavy atom. The molecule has 0 saturated heterocycles. The molecule has 0 fully saturated rings. The van der Waals surface area contributed by atoms with Crippen LogP contribution in [0.25, 0.3) is 0 Å². The Morgan fingerprint density at radius 1 is 1.21 bits per heavy atom. The van der Waals surface area contributed by atoms with Crippen molar-refractivity contribution < 1.29 is 19.0 Å². The van der Waals surface area contributed by atoms with Crippen LogP contribution in [0.4, 0.5) is 0 Å². The molecule has 0 aliphatic carbocycles. The van der Waals surface area contributed by atoms with Crippen molar-refractivity contribution in [1.82, 2.24) is 5.32 Å². The standard InChI is InChI=1S/C23H28ClNO4/c1-13-9-17(10-14(2)21(13)24)28-15(3)22(26)25-19-12-23(4,5)29-20-11-16(27-6)7-8-18(19)20/h7-11,15,19H,12H2,1-6H3,(H,25,26)/t15-,19+/m0/s1. The molecular formula is C23H28ClNO4. The lowest BCUT2D eigenvalue weighted by Gasteiger charge is -2.38. The minimum atomic E-state index is -0.650. The molecule has 1 heterocycles. The van der Waals surface area contributed by atoms with Crippen LogP contribution in [0, 0.1) is 13.8 Å². The number of amides is 1. The van der Waals surface area contributed by atoms with Gasteiger partial charge in [-0.25, -0.2) is 0 Å². The topological polar surface area (TPSA) is 56.8 Å². The minimum Gasteiger partial charge on any atom is -0.497 e. The zero-order valence-electron chi connectivity index (χ0n) is 17.8. The second-order valence-electron chi connectivity index (χ2n) is 8.16. The molecule has 0 bridgehead atoms. The van der Waals surface area contributed by atoms with Gasteiger partial charge in [-0.2, -0.15) is 0 Å². The molecule has 0 spiro atoms. The minimum absolute atomic E-state index is 0.174. The van der Waals surface area contributed by atoms with Crippen LogP contribution < -0.4 is 19.5 Å². The molecule has 5 nitrogen and oxygen atoms in total. The molecule has 3 rings (SSSR count). The third-order valence-electron chi connectivity index (χ3n) is 5.09. The first-order chi connectivity index (χ1) is 13.6. The highest BCUT2D eigenvalue weighted by atomic mass is 35.5. The molecule has 1 amide bonds. The SMILES string of the molecule is COc1ccc2c(c1)OC(C)(C)C[C@H]2NC(=O)[C@H](C)Oc1cc(C)c(Cl)c(C)c1. The van der Waals surface area contributed by atoms with Gasteiger partial charge < -0.3 is 19.5 Å². The van der Waals surface area contributed by atoms with Crippen molar-refractivity contribution in [2.45, 2.75) is 58.8 Å². The van der Waals surface area contributed by atoms with Crippen molar-refractivity contribution in [3.63, 3.8) is 0 Å². The van der Waals surface area contributed by atoms with E-state index >= 15 is 0 Å². The summed E-state index contributed by atoms with van der Waals surface area (Å²) in [6.45, 7) is 9.60. The maximum atomic E-state index is 12.9. The molecule has 0 aromatic heterocycles. The maximum Gasteiger partial charge on any atom is 0.261 e. The Kier molecular flexibility index (Phi) is 5.99. The van der Waals surface area contributed by atoms with E-state index in [-0.39, 0.29) is 11.9 Å². The van der Waals surface area contributed by atoms with Gasteiger partial charge in [-0.3, -0.25) is 4.79 Å². The first-order valence-corrected chi connectivity index (χ1v) is 10.1. The molecule has 156 valence electrons. The smallest absolute Gasteiger partial charge is 0.261 e. The summed E-state index contributed by atoms with van der Waals surface area (Å²) in [5.74, 6) is 1.89. The summed E-state index contributed by atoms with van der Waals surface area (Å²) in [5.41, 5.74) is 2.36. The average molecular weight is 418 g/mol. The van der Waals surface area contributed by atoms with Crippen LogP contribution in [0.2, 0.25) is 5.02 Å². The number of rotatable bonds is 5. The fourth-order valence-corrected chi connectivity index (χ4v) is 3.72. The van der Waals surface area contributed by atoms with Crippen molar-refractivity contribution >= 4 is 17.5 Å². The number of carbonyl (C=O) groups excluding carboxylic acids is 1. The van der Waals surface area contributed by atoms with E-state index in [1.165, 1.54) is 0 Å². The molecule has 6 heteroatoms. The van der Waals surface area contributed by atoms with E-state index in [9.17, 15) is 4.79 Å². The number of hydrogen-bond acceptors (Lipinski definition) is 4. The molecular weight excluding hydrogens is 390 g/mol. The van der Waals surface area contributed by atoms with Crippen LogP contribution in [0.3, 0.4) is 0 Å². The summed E-state index contributed by atoms with van der Waals surface area (Å²) < 4.78 is 17.3. The van der Waals surface area contributed by atoms with Crippen molar-refractivity contribution in [2.24, 2.45) is 0 Å². The molecule has 2 atom stereocenters. The number of ether oxygens (including phenoxy) is 3. The molecule has 0 saturated carbocycles. The third kappa shape index (κ3) is 4.78. The second-order valence-corrected chi connectivity index (χ2v) is 8.54. The number of carbonyl (C=O) groups is 1. The number of halogens is 1. The van der Waals surface area contributed by atoms with Gasteiger partial charge in [0.05, 0.1) is 13.2 Å². The fraction of sp³-hybridized carbons (Fsp3) is 0.435. The van der Waals surface area contributed by atoms with Gasteiger partial charge in [0, 0.05) is 23.1 Å². The van der Waals surface area contributed by atoms with Crippen molar-refractivity contribution in [3.05, 3.63) is 52.0 Å². The van der Waals surface area contributed by atoms with Crippen LogP contribution in [-0.2, 0) is 4.79 Å². The van der Waals surface area contributed by atoms with Crippen LogP contribution in [0.1, 0.15) is 49.9 Å². The average Bonchev–Trinajstić information content (AvgIpc) is 2.64. The van der Waals surface area contributed by atoms with Gasteiger partial charge in [-0.1, -0.05) is 11.6 Å². The number of hydrogen-bond donors (Lipinski definition) is 1. The van der Waals surface area contributed by atoms with E-state index in [0.29, 0.717) is 17.2 Å². The quantitative estimate of drug-likeness (QED) is 0.730. The van der Waals surface area contributed by atoms with Crippen LogP contribution in [0.15, 0.2) is 30.3 Å². The zero-order valence-corrected chi connectivity index (χ0v) is 18.5. The summed E-state index contributed by atoms with van der Waals surface area (Å²) >= 11 is 6.22. The van der Waals surface area contributed by atoms with E-state index < -0.39 is 11.7 Å². The normalized spacial score (nSPS) is 18.2. The Morgan fingerprint density at radius 2 is 1.86 bits per heavy atom. The summed E-state index contributed by atoms with van der Waals surface area (Å²) in [6.07, 6.45) is 0.00635. The van der Waals surface area contributed by atoms with E-state index in [1.54, 1.807) is 14.0 Å². The molecule has 2 aromatic carbocycles. The number of benzene rings is 2. The van der Waals surface area contributed by atoms with E-state index in [0.717, 1.165) is 28.2 Å². The first-order valence-electron chi connectivity index (χ1n) is 9.70. The number of methoxy groups -OCH3 is 1. The lowest BCUT2D eigenvalue weighted by molar-refractivity contribution is -0.128. The predicted octanol–water partition coefficient (Wildman–Crippen LogP) is 5.15. The number of fused-ring (bicyclic) bond motifs is 1. The fourth-order valence-electron chi connectivity index (χ4n) is 3.61. The second kappa shape index (κ2) is 8.15. The highest BCUT2D eigenvalue weighted by molar-refractivity contribution is 6.32. The van der Waals surface area contributed by atoms with E-state index in [2.05, 4.69) is 5.32 Å². The van der Waals surface area contributed by atoms with Crippen LogP contribution in [-0.4, -0.2) is 24.7 Å². The highest BCUT2D eigenvalue weighted by Gasteiger charge is 2.35. The molecule has 0 radical (unpaired) electrons. The molecule has 2 aromatic rings. The number of aryl methyl sites for hydroxylation is 2. The van der Waals surface area contributed by atoms with Gasteiger partial charge in [0.1, 0.15) is 22.8 Å². The van der Waals surface area contributed by atoms with E-state index in [4.69, 9.17) is 25.8 Å². The van der Waals surface area contributed by atoms with Gasteiger partial charge in [0.15, 0.2) is 6.10 Å². The Bertz CT molecular complexity index is 902. The molecule has 1 aliphatic heterocycles. The Hall–Kier alpha value is -2.40. The molecule has 1 N–H and O–H groups in total. The zero-order chi connectivity index (χ0) is 21.3. The van der Waals surface area contributed by atoms with Crippen LogP contribution >= 0.6 is 11.6 Å². The molecule has 29 heavy (non-hydrogen) atoms. The maximum absolute atomic E-state index is 12.9. The summed E-state index contributed by atoms with van der Waals surface area (Å²) in [7, 11) is 1.62. The molecule has 0 unspecified atom stereocenters. The van der Waals surface area contributed by atoms with Crippen molar-refractivity contribution in [1.29, 1.82) is 0 Å². The van der Waals surface area contributed by atoms with Gasteiger partial charge in [-0.05, 0) is 70.0 Å². The highest BCUT2D eigenvalue weighted by Crippen LogP contribution is 2.41. The summed E-state index contributed by atoms with van der Waals surface area (Å²) in [6, 6.07) is 9.18. The van der Waals surface area contributed by atoms with Crippen molar-refractivity contribution in [3.8, 4) is 17.2 Å². The van der Waals surface area contributed by atoms with Gasteiger partial charge in [0.2, 0.25) is 0 Å². The Balaban J connectivity index is 1.76. The summed E-state index contributed by atoms with van der Waals surface area (Å²) in [4.78, 5) is 12.9.